The predicted octanol–water partition coefficient (Wildman–Crippen LogP) is 4.51. The summed E-state index contributed by atoms with van der Waals surface area (Å²) >= 11 is 0. The first kappa shape index (κ1) is 18.8. The van der Waals surface area contributed by atoms with Gasteiger partial charge in [0, 0.05) is 14.1 Å². The van der Waals surface area contributed by atoms with Crippen molar-refractivity contribution in [2.45, 2.75) is 39.5 Å². The summed E-state index contributed by atoms with van der Waals surface area (Å²) in [5.41, 5.74) is 3.01. The van der Waals surface area contributed by atoms with Crippen molar-refractivity contribution in [2.24, 2.45) is 0 Å². The summed E-state index contributed by atoms with van der Waals surface area (Å²) in [6, 6.07) is 9.15. The lowest BCUT2D eigenvalue weighted by atomic mass is 9.92. The first-order valence-corrected chi connectivity index (χ1v) is 8.73. The van der Waals surface area contributed by atoms with Crippen LogP contribution < -0.4 is 0 Å². The predicted molar refractivity (Wildman–Crippen MR) is 101 cm³/mol. The molecule has 0 saturated heterocycles. The molecule has 25 heavy (non-hydrogen) atoms. The Labute approximate surface area is 149 Å². The summed E-state index contributed by atoms with van der Waals surface area (Å²) in [6.07, 6.45) is 3.66. The number of carbonyl (C=O) groups excluding carboxylic acids is 1. The summed E-state index contributed by atoms with van der Waals surface area (Å²) in [4.78, 5) is 14.1. The zero-order valence-corrected chi connectivity index (χ0v) is 15.5. The summed E-state index contributed by atoms with van der Waals surface area (Å²) < 4.78 is 0. The van der Waals surface area contributed by atoms with Gasteiger partial charge in [0.25, 0.3) is 5.91 Å². The number of rotatable bonds is 6. The zero-order chi connectivity index (χ0) is 18.6. The molecule has 0 radical (unpaired) electrons. The van der Waals surface area contributed by atoms with Gasteiger partial charge in [0.05, 0.1) is 11.1 Å². The van der Waals surface area contributed by atoms with E-state index >= 15 is 0 Å². The molecule has 2 aromatic rings. The third kappa shape index (κ3) is 4.13. The molecule has 0 spiro atoms. The number of benzene rings is 2. The Morgan fingerprint density at radius 1 is 1.12 bits per heavy atom. The maximum atomic E-state index is 12.7. The van der Waals surface area contributed by atoms with Crippen molar-refractivity contribution in [3.63, 3.8) is 0 Å². The van der Waals surface area contributed by atoms with E-state index in [4.69, 9.17) is 0 Å². The van der Waals surface area contributed by atoms with Gasteiger partial charge in [0.1, 0.15) is 11.5 Å². The Hall–Kier alpha value is -2.49. The van der Waals surface area contributed by atoms with Crippen LogP contribution in [0, 0.1) is 6.92 Å². The van der Waals surface area contributed by atoms with Crippen LogP contribution in [-0.4, -0.2) is 35.1 Å². The van der Waals surface area contributed by atoms with Crippen molar-refractivity contribution < 1.29 is 15.0 Å². The van der Waals surface area contributed by atoms with Crippen molar-refractivity contribution in [1.82, 2.24) is 4.90 Å². The number of unbranched alkanes of at least 4 members (excludes halogenated alkanes) is 2. The fourth-order valence-corrected chi connectivity index (χ4v) is 3.02. The number of hydrogen-bond acceptors (Lipinski definition) is 3. The summed E-state index contributed by atoms with van der Waals surface area (Å²) in [5, 5.41) is 21.4. The monoisotopic (exact) mass is 341 g/mol. The van der Waals surface area contributed by atoms with Crippen LogP contribution >= 0.6 is 0 Å². The second kappa shape index (κ2) is 8.06. The van der Waals surface area contributed by atoms with Crippen LogP contribution in [0.4, 0.5) is 0 Å². The molecule has 0 atom stereocenters. The first-order valence-electron chi connectivity index (χ1n) is 8.73. The summed E-state index contributed by atoms with van der Waals surface area (Å²) in [5.74, 6) is -0.390. The Kier molecular flexibility index (Phi) is 6.07. The van der Waals surface area contributed by atoms with Gasteiger partial charge in [-0.3, -0.25) is 4.79 Å². The first-order chi connectivity index (χ1) is 11.9. The molecule has 0 bridgehead atoms. The minimum absolute atomic E-state index is 0.00454. The SMILES string of the molecule is CCCCCc1cc(O)c(-c2cccc(C)c2)c(O)c1C(=O)N(C)C. The quantitative estimate of drug-likeness (QED) is 0.760. The molecular weight excluding hydrogens is 314 g/mol. The molecule has 0 heterocycles. The highest BCUT2D eigenvalue weighted by Gasteiger charge is 2.24. The Morgan fingerprint density at radius 3 is 2.44 bits per heavy atom. The lowest BCUT2D eigenvalue weighted by molar-refractivity contribution is 0.0823. The highest BCUT2D eigenvalue weighted by molar-refractivity contribution is 6.01. The molecule has 0 unspecified atom stereocenters. The number of aryl methyl sites for hydroxylation is 2. The van der Waals surface area contributed by atoms with Crippen molar-refractivity contribution in [2.75, 3.05) is 14.1 Å². The Balaban J connectivity index is 2.63. The van der Waals surface area contributed by atoms with E-state index in [1.54, 1.807) is 20.2 Å². The molecule has 0 aliphatic rings. The standard InChI is InChI=1S/C21H27NO3/c1-5-6-7-10-16-13-17(23)18(15-11-8-9-14(2)12-15)20(24)19(16)21(25)22(3)4/h8-9,11-13,23-24H,5-7,10H2,1-4H3. The van der Waals surface area contributed by atoms with Crippen LogP contribution in [0.3, 0.4) is 0 Å². The number of amides is 1. The molecule has 0 saturated carbocycles. The number of hydrogen-bond donors (Lipinski definition) is 2. The van der Waals surface area contributed by atoms with Gasteiger partial charge in [-0.1, -0.05) is 49.6 Å². The number of phenolic OH excluding ortho intramolecular Hbond substituents is 2. The van der Waals surface area contributed by atoms with Crippen LogP contribution in [0.1, 0.15) is 47.7 Å². The zero-order valence-electron chi connectivity index (χ0n) is 15.5. The van der Waals surface area contributed by atoms with Gasteiger partial charge in [0.15, 0.2) is 0 Å². The second-order valence-electron chi connectivity index (χ2n) is 6.68. The van der Waals surface area contributed by atoms with Gasteiger partial charge in [-0.05, 0) is 37.0 Å². The molecule has 2 rings (SSSR count). The maximum absolute atomic E-state index is 12.7. The van der Waals surface area contributed by atoms with E-state index in [0.717, 1.165) is 24.8 Å². The van der Waals surface area contributed by atoms with E-state index in [1.165, 1.54) is 4.90 Å². The van der Waals surface area contributed by atoms with Crippen molar-refractivity contribution in [3.8, 4) is 22.6 Å². The fraction of sp³-hybridized carbons (Fsp3) is 0.381. The van der Waals surface area contributed by atoms with Gasteiger partial charge < -0.3 is 15.1 Å². The van der Waals surface area contributed by atoms with Crippen LogP contribution in [0.15, 0.2) is 30.3 Å². The number of carbonyl (C=O) groups is 1. The third-order valence-corrected chi connectivity index (χ3v) is 4.34. The average Bonchev–Trinajstić information content (AvgIpc) is 2.54. The van der Waals surface area contributed by atoms with Gasteiger partial charge >= 0.3 is 0 Å². The third-order valence-electron chi connectivity index (χ3n) is 4.34. The summed E-state index contributed by atoms with van der Waals surface area (Å²) in [6.45, 7) is 4.06. The molecule has 2 aromatic carbocycles. The van der Waals surface area contributed by atoms with Gasteiger partial charge in [-0.15, -0.1) is 0 Å². The molecule has 4 heteroatoms. The van der Waals surface area contributed by atoms with Gasteiger partial charge in [0.2, 0.25) is 0 Å². The Morgan fingerprint density at radius 2 is 1.84 bits per heavy atom. The van der Waals surface area contributed by atoms with E-state index in [9.17, 15) is 15.0 Å². The van der Waals surface area contributed by atoms with Crippen molar-refractivity contribution in [3.05, 3.63) is 47.0 Å². The minimum atomic E-state index is -0.252. The van der Waals surface area contributed by atoms with E-state index in [2.05, 4.69) is 6.92 Å². The molecule has 1 amide bonds. The Bertz CT molecular complexity index is 766. The molecule has 0 aliphatic heterocycles. The van der Waals surface area contributed by atoms with Crippen LogP contribution in [0.5, 0.6) is 11.5 Å². The minimum Gasteiger partial charge on any atom is -0.507 e. The van der Waals surface area contributed by atoms with Crippen LogP contribution in [0.2, 0.25) is 0 Å². The number of nitrogens with zero attached hydrogens (tertiary/aromatic N) is 1. The highest BCUT2D eigenvalue weighted by atomic mass is 16.3. The highest BCUT2D eigenvalue weighted by Crippen LogP contribution is 2.42. The van der Waals surface area contributed by atoms with E-state index < -0.39 is 0 Å². The molecular formula is C21H27NO3. The average molecular weight is 341 g/mol. The maximum Gasteiger partial charge on any atom is 0.257 e. The number of aromatic hydroxyl groups is 2. The van der Waals surface area contributed by atoms with E-state index in [0.29, 0.717) is 23.1 Å². The van der Waals surface area contributed by atoms with Crippen LogP contribution in [-0.2, 0) is 6.42 Å². The molecule has 0 fully saturated rings. The topological polar surface area (TPSA) is 60.8 Å². The molecule has 0 aromatic heterocycles. The smallest absolute Gasteiger partial charge is 0.257 e. The van der Waals surface area contributed by atoms with Crippen LogP contribution in [0.25, 0.3) is 11.1 Å². The number of phenols is 2. The molecule has 134 valence electrons. The fourth-order valence-electron chi connectivity index (χ4n) is 3.02. The van der Waals surface area contributed by atoms with Gasteiger partial charge in [-0.25, -0.2) is 0 Å². The second-order valence-corrected chi connectivity index (χ2v) is 6.68. The van der Waals surface area contributed by atoms with Crippen molar-refractivity contribution >= 4 is 5.91 Å². The van der Waals surface area contributed by atoms with E-state index in [1.807, 2.05) is 31.2 Å². The van der Waals surface area contributed by atoms with E-state index in [-0.39, 0.29) is 23.0 Å². The van der Waals surface area contributed by atoms with Gasteiger partial charge in [-0.2, -0.15) is 0 Å². The van der Waals surface area contributed by atoms with Crippen molar-refractivity contribution in [1.29, 1.82) is 0 Å². The largest absolute Gasteiger partial charge is 0.507 e. The molecule has 2 N–H and O–H groups in total. The molecule has 0 aliphatic carbocycles. The lowest BCUT2D eigenvalue weighted by Gasteiger charge is -2.19. The normalized spacial score (nSPS) is 10.7. The molecule has 4 nitrogen and oxygen atoms in total. The lowest BCUT2D eigenvalue weighted by Crippen LogP contribution is -2.23. The summed E-state index contributed by atoms with van der Waals surface area (Å²) in [7, 11) is 3.33.